The number of benzene rings is 3. The zero-order chi connectivity index (χ0) is 30.7. The number of methoxy groups -OCH3 is 2. The molecule has 0 amide bonds. The number of aliphatic hydroxyl groups is 1. The molecule has 0 fully saturated rings. The molecule has 3 aromatic carbocycles. The van der Waals surface area contributed by atoms with Crippen LogP contribution in [0.5, 0.6) is 11.5 Å². The van der Waals surface area contributed by atoms with Crippen molar-refractivity contribution in [3.05, 3.63) is 95.6 Å². The Labute approximate surface area is 251 Å². The van der Waals surface area contributed by atoms with E-state index < -0.39 is 26.2 Å². The summed E-state index contributed by atoms with van der Waals surface area (Å²) in [5, 5.41) is 23.2. The van der Waals surface area contributed by atoms with Crippen molar-refractivity contribution in [2.24, 2.45) is 0 Å². The molecule has 3 rings (SSSR count). The fourth-order valence-electron chi connectivity index (χ4n) is 5.83. The molecule has 3 unspecified atom stereocenters. The Bertz CT molecular complexity index is 1190. The number of nitriles is 1. The van der Waals surface area contributed by atoms with Crippen molar-refractivity contribution in [2.45, 2.75) is 70.3 Å². The molecule has 0 bridgehead atoms. The minimum atomic E-state index is -2.22. The van der Waals surface area contributed by atoms with Crippen LogP contribution in [-0.2, 0) is 9.94 Å². The van der Waals surface area contributed by atoms with Crippen LogP contribution in [0.4, 0.5) is 0 Å². The lowest BCUT2D eigenvalue weighted by atomic mass is 9.65. The molecule has 0 aliphatic rings. The Balaban J connectivity index is 2.20. The highest BCUT2D eigenvalue weighted by atomic mass is 31.2. The summed E-state index contributed by atoms with van der Waals surface area (Å²) in [6.45, 7) is 8.09. The minimum Gasteiger partial charge on any atom is -0.497 e. The molecule has 0 saturated heterocycles. The Morgan fingerprint density at radius 1 is 0.833 bits per heavy atom. The van der Waals surface area contributed by atoms with Crippen LogP contribution in [0.15, 0.2) is 78.9 Å². The smallest absolute Gasteiger partial charge is 0.254 e. The molecule has 3 N–H and O–H groups in total. The summed E-state index contributed by atoms with van der Waals surface area (Å²) in [5.41, 5.74) is 1.80. The molecule has 3 atom stereocenters. The van der Waals surface area contributed by atoms with Gasteiger partial charge in [0, 0.05) is 18.7 Å². The summed E-state index contributed by atoms with van der Waals surface area (Å²) in [4.78, 5) is 13.6. The van der Waals surface area contributed by atoms with Crippen LogP contribution in [0.1, 0.15) is 57.2 Å². The van der Waals surface area contributed by atoms with Gasteiger partial charge in [-0.15, -0.1) is 0 Å². The maximum atomic E-state index is 11.5. The fraction of sp³-hybridized carbons (Fsp3) is 0.424. The maximum Gasteiger partial charge on any atom is 0.254 e. The second-order valence-corrected chi connectivity index (χ2v) is 11.7. The first-order chi connectivity index (χ1) is 20.2. The van der Waals surface area contributed by atoms with Crippen LogP contribution in [0.3, 0.4) is 0 Å². The van der Waals surface area contributed by atoms with E-state index >= 15 is 0 Å². The molecule has 0 aliphatic heterocycles. The highest BCUT2D eigenvalue weighted by molar-refractivity contribution is 7.43. The second-order valence-electron chi connectivity index (χ2n) is 10.7. The topological polar surface area (TPSA) is 107 Å². The van der Waals surface area contributed by atoms with Gasteiger partial charge in [-0.2, -0.15) is 5.26 Å². The van der Waals surface area contributed by atoms with Crippen molar-refractivity contribution < 1.29 is 24.0 Å². The maximum absolute atomic E-state index is 11.5. The van der Waals surface area contributed by atoms with E-state index in [1.165, 1.54) is 0 Å². The SMILES string of the molecule is COc1ccc(C(c2ccccc2)(c2ccc(OC)cc2)C(CCO)OP(O)NC(CC#N)N(C(C)C)C(C)C)cc1. The van der Waals surface area contributed by atoms with Gasteiger partial charge in [0.1, 0.15) is 11.5 Å². The zero-order valence-electron chi connectivity index (χ0n) is 25.4. The minimum absolute atomic E-state index is 0.134. The van der Waals surface area contributed by atoms with Crippen LogP contribution < -0.4 is 14.6 Å². The van der Waals surface area contributed by atoms with E-state index in [0.29, 0.717) is 11.5 Å². The van der Waals surface area contributed by atoms with E-state index in [1.807, 2.05) is 78.9 Å². The van der Waals surface area contributed by atoms with Crippen molar-refractivity contribution in [3.63, 3.8) is 0 Å². The van der Waals surface area contributed by atoms with Crippen molar-refractivity contribution in [1.29, 1.82) is 5.26 Å². The molecule has 9 heteroatoms. The third-order valence-electron chi connectivity index (χ3n) is 7.52. The van der Waals surface area contributed by atoms with E-state index in [-0.39, 0.29) is 31.5 Å². The van der Waals surface area contributed by atoms with Gasteiger partial charge < -0.3 is 24.0 Å². The summed E-state index contributed by atoms with van der Waals surface area (Å²) in [6.07, 6.45) is -0.724. The third-order valence-corrected chi connectivity index (χ3v) is 8.49. The molecule has 0 aliphatic carbocycles. The highest BCUT2D eigenvalue weighted by Gasteiger charge is 2.46. The first-order valence-corrected chi connectivity index (χ1v) is 15.5. The summed E-state index contributed by atoms with van der Waals surface area (Å²) >= 11 is 0. The molecule has 0 spiro atoms. The van der Waals surface area contributed by atoms with E-state index in [0.717, 1.165) is 16.7 Å². The third kappa shape index (κ3) is 7.67. The standard InChI is InChI=1S/C33H44N3O5P/c1-24(2)36(25(3)4)32(20-22-34)35-42(38)41-31(21-23-37)33(26-10-8-7-9-11-26,27-12-16-29(39-5)17-13-27)28-14-18-30(40-6)19-15-28/h7-19,24-25,31-32,35,37-38H,20-21,23H2,1-6H3. The highest BCUT2D eigenvalue weighted by Crippen LogP contribution is 2.49. The second kappa shape index (κ2) is 16.0. The Kier molecular flexibility index (Phi) is 12.8. The Morgan fingerprint density at radius 3 is 1.71 bits per heavy atom. The van der Waals surface area contributed by atoms with E-state index in [4.69, 9.17) is 14.0 Å². The first kappa shape index (κ1) is 33.5. The van der Waals surface area contributed by atoms with Crippen LogP contribution >= 0.6 is 8.53 Å². The average Bonchev–Trinajstić information content (AvgIpc) is 2.98. The van der Waals surface area contributed by atoms with Crippen molar-refractivity contribution in [3.8, 4) is 17.6 Å². The number of nitrogens with one attached hydrogen (secondary N) is 1. The summed E-state index contributed by atoms with van der Waals surface area (Å²) in [6, 6.07) is 28.1. The van der Waals surface area contributed by atoms with Gasteiger partial charge in [0.25, 0.3) is 8.53 Å². The van der Waals surface area contributed by atoms with Gasteiger partial charge in [-0.3, -0.25) is 4.90 Å². The monoisotopic (exact) mass is 593 g/mol. The number of ether oxygens (including phenoxy) is 2. The normalized spacial score (nSPS) is 14.0. The van der Waals surface area contributed by atoms with Gasteiger partial charge in [-0.05, 0) is 75.1 Å². The number of rotatable bonds is 16. The number of nitrogens with zero attached hydrogens (tertiary/aromatic N) is 2. The summed E-state index contributed by atoms with van der Waals surface area (Å²) in [7, 11) is 1.03. The lowest BCUT2D eigenvalue weighted by molar-refractivity contribution is 0.0863. The van der Waals surface area contributed by atoms with Gasteiger partial charge in [-0.25, -0.2) is 5.09 Å². The molecule has 42 heavy (non-hydrogen) atoms. The van der Waals surface area contributed by atoms with Crippen molar-refractivity contribution in [2.75, 3.05) is 20.8 Å². The molecular weight excluding hydrogens is 549 g/mol. The predicted octanol–water partition coefficient (Wildman–Crippen LogP) is 5.97. The molecule has 0 heterocycles. The van der Waals surface area contributed by atoms with Crippen LogP contribution in [0.2, 0.25) is 0 Å². The largest absolute Gasteiger partial charge is 0.497 e. The number of hydrogen-bond acceptors (Lipinski definition) is 8. The lowest BCUT2D eigenvalue weighted by Crippen LogP contribution is -2.51. The predicted molar refractivity (Wildman–Crippen MR) is 167 cm³/mol. The zero-order valence-corrected chi connectivity index (χ0v) is 26.3. The van der Waals surface area contributed by atoms with Gasteiger partial charge in [0.05, 0.1) is 44.4 Å². The summed E-state index contributed by atoms with van der Waals surface area (Å²) < 4.78 is 17.5. The molecule has 3 aromatic rings. The average molecular weight is 594 g/mol. The van der Waals surface area contributed by atoms with Gasteiger partial charge >= 0.3 is 0 Å². The number of hydrogen-bond donors (Lipinski definition) is 3. The van der Waals surface area contributed by atoms with Gasteiger partial charge in [-0.1, -0.05) is 54.6 Å². The summed E-state index contributed by atoms with van der Waals surface area (Å²) in [5.74, 6) is 1.42. The van der Waals surface area contributed by atoms with E-state index in [9.17, 15) is 15.3 Å². The van der Waals surface area contributed by atoms with Crippen molar-refractivity contribution >= 4 is 8.53 Å². The molecular formula is C33H44N3O5P. The van der Waals surface area contributed by atoms with Crippen LogP contribution in [0, 0.1) is 11.3 Å². The lowest BCUT2D eigenvalue weighted by Gasteiger charge is -2.44. The van der Waals surface area contributed by atoms with E-state index in [2.05, 4.69) is 43.8 Å². The van der Waals surface area contributed by atoms with E-state index in [1.54, 1.807) is 14.2 Å². The molecule has 226 valence electrons. The van der Waals surface area contributed by atoms with Gasteiger partial charge in [0.2, 0.25) is 0 Å². The molecule has 0 aromatic heterocycles. The van der Waals surface area contributed by atoms with Gasteiger partial charge in [0.15, 0.2) is 0 Å². The van der Waals surface area contributed by atoms with Crippen LogP contribution in [-0.4, -0.2) is 60.1 Å². The molecule has 0 radical (unpaired) electrons. The quantitative estimate of drug-likeness (QED) is 0.106. The molecule has 0 saturated carbocycles. The first-order valence-electron chi connectivity index (χ1n) is 14.2. The Hall–Kier alpha value is -3.02. The Morgan fingerprint density at radius 2 is 1.31 bits per heavy atom. The van der Waals surface area contributed by atoms with Crippen molar-refractivity contribution in [1.82, 2.24) is 9.99 Å². The fourth-order valence-corrected chi connectivity index (χ4v) is 6.88. The van der Waals surface area contributed by atoms with Crippen LogP contribution in [0.25, 0.3) is 0 Å². The number of aliphatic hydroxyl groups excluding tert-OH is 1. The molecule has 8 nitrogen and oxygen atoms in total.